The Hall–Kier alpha value is -0.990. The average Bonchev–Trinajstić information content (AvgIpc) is 1.86. The Morgan fingerprint density at radius 1 is 1.36 bits per heavy atom. The SMILES string of the molecule is CCCCCC(N)=CC(N)=O. The molecule has 0 aliphatic heterocycles. The zero-order valence-corrected chi connectivity index (χ0v) is 6.97. The van der Waals surface area contributed by atoms with Gasteiger partial charge in [0.15, 0.2) is 0 Å². The van der Waals surface area contributed by atoms with Gasteiger partial charge in [-0.25, -0.2) is 0 Å². The predicted octanol–water partition coefficient (Wildman–Crippen LogP) is 0.895. The van der Waals surface area contributed by atoms with Crippen molar-refractivity contribution >= 4 is 5.91 Å². The van der Waals surface area contributed by atoms with Gasteiger partial charge in [0.25, 0.3) is 0 Å². The Kier molecular flexibility index (Phi) is 5.25. The molecule has 0 rings (SSSR count). The molecular weight excluding hydrogens is 140 g/mol. The highest BCUT2D eigenvalue weighted by molar-refractivity contribution is 5.86. The minimum absolute atomic E-state index is 0.459. The van der Waals surface area contributed by atoms with Crippen molar-refractivity contribution < 1.29 is 4.79 Å². The smallest absolute Gasteiger partial charge is 0.243 e. The normalized spacial score (nSPS) is 11.5. The first kappa shape index (κ1) is 10.0. The minimum atomic E-state index is -0.459. The molecule has 0 unspecified atom stereocenters. The molecule has 0 saturated heterocycles. The highest BCUT2D eigenvalue weighted by Crippen LogP contribution is 2.03. The summed E-state index contributed by atoms with van der Waals surface area (Å²) in [6.07, 6.45) is 5.40. The fourth-order valence-corrected chi connectivity index (χ4v) is 0.834. The molecule has 0 aliphatic carbocycles. The number of nitrogens with two attached hydrogens (primary N) is 2. The quantitative estimate of drug-likeness (QED) is 0.458. The summed E-state index contributed by atoms with van der Waals surface area (Å²) in [5.74, 6) is -0.459. The van der Waals surface area contributed by atoms with Crippen molar-refractivity contribution in [1.29, 1.82) is 0 Å². The molecule has 0 bridgehead atoms. The lowest BCUT2D eigenvalue weighted by atomic mass is 10.1. The second kappa shape index (κ2) is 5.77. The van der Waals surface area contributed by atoms with Crippen LogP contribution in [-0.4, -0.2) is 5.91 Å². The van der Waals surface area contributed by atoms with Crippen LogP contribution in [-0.2, 0) is 4.79 Å². The molecule has 0 aromatic heterocycles. The third-order valence-corrected chi connectivity index (χ3v) is 1.40. The van der Waals surface area contributed by atoms with E-state index in [9.17, 15) is 4.79 Å². The number of rotatable bonds is 5. The van der Waals surface area contributed by atoms with Crippen LogP contribution < -0.4 is 11.5 Å². The van der Waals surface area contributed by atoms with Crippen molar-refractivity contribution in [3.63, 3.8) is 0 Å². The lowest BCUT2D eigenvalue weighted by Gasteiger charge is -1.98. The lowest BCUT2D eigenvalue weighted by Crippen LogP contribution is -2.10. The van der Waals surface area contributed by atoms with E-state index in [1.165, 1.54) is 6.08 Å². The molecule has 1 amide bonds. The van der Waals surface area contributed by atoms with E-state index in [2.05, 4.69) is 6.92 Å². The Labute approximate surface area is 67.4 Å². The van der Waals surface area contributed by atoms with Crippen molar-refractivity contribution in [3.8, 4) is 0 Å². The van der Waals surface area contributed by atoms with Crippen molar-refractivity contribution in [2.45, 2.75) is 32.6 Å². The Morgan fingerprint density at radius 3 is 2.45 bits per heavy atom. The van der Waals surface area contributed by atoms with Gasteiger partial charge in [-0.15, -0.1) is 0 Å². The fraction of sp³-hybridized carbons (Fsp3) is 0.625. The Balaban J connectivity index is 3.51. The number of carbonyl (C=O) groups is 1. The average molecular weight is 156 g/mol. The van der Waals surface area contributed by atoms with Crippen LogP contribution in [0.1, 0.15) is 32.6 Å². The number of primary amides is 1. The fourth-order valence-electron chi connectivity index (χ4n) is 0.834. The summed E-state index contributed by atoms with van der Waals surface area (Å²) < 4.78 is 0. The molecule has 11 heavy (non-hydrogen) atoms. The lowest BCUT2D eigenvalue weighted by molar-refractivity contribution is -0.113. The van der Waals surface area contributed by atoms with E-state index < -0.39 is 5.91 Å². The monoisotopic (exact) mass is 156 g/mol. The summed E-state index contributed by atoms with van der Waals surface area (Å²) in [6, 6.07) is 0. The van der Waals surface area contributed by atoms with Crippen LogP contribution in [0.2, 0.25) is 0 Å². The summed E-state index contributed by atoms with van der Waals surface area (Å²) in [6.45, 7) is 2.12. The summed E-state index contributed by atoms with van der Waals surface area (Å²) >= 11 is 0. The number of unbranched alkanes of at least 4 members (excludes halogenated alkanes) is 2. The highest BCUT2D eigenvalue weighted by atomic mass is 16.1. The molecule has 0 spiro atoms. The highest BCUT2D eigenvalue weighted by Gasteiger charge is 1.92. The van der Waals surface area contributed by atoms with E-state index in [1.54, 1.807) is 0 Å². The summed E-state index contributed by atoms with van der Waals surface area (Å²) in [4.78, 5) is 10.3. The molecule has 0 heterocycles. The number of amides is 1. The van der Waals surface area contributed by atoms with Crippen LogP contribution in [0.5, 0.6) is 0 Å². The molecule has 0 aliphatic rings. The molecule has 0 radical (unpaired) electrons. The van der Waals surface area contributed by atoms with Crippen molar-refractivity contribution in [1.82, 2.24) is 0 Å². The predicted molar refractivity (Wildman–Crippen MR) is 45.6 cm³/mol. The van der Waals surface area contributed by atoms with E-state index >= 15 is 0 Å². The van der Waals surface area contributed by atoms with Crippen molar-refractivity contribution in [3.05, 3.63) is 11.8 Å². The van der Waals surface area contributed by atoms with Gasteiger partial charge in [-0.05, 0) is 12.8 Å². The van der Waals surface area contributed by atoms with Crippen LogP contribution in [0.15, 0.2) is 11.8 Å². The first-order valence-corrected chi connectivity index (χ1v) is 3.92. The summed E-state index contributed by atoms with van der Waals surface area (Å²) in [5, 5.41) is 0. The van der Waals surface area contributed by atoms with Gasteiger partial charge in [-0.2, -0.15) is 0 Å². The van der Waals surface area contributed by atoms with Crippen molar-refractivity contribution in [2.75, 3.05) is 0 Å². The first-order valence-electron chi connectivity index (χ1n) is 3.92. The third kappa shape index (κ3) is 6.90. The zero-order chi connectivity index (χ0) is 8.69. The molecule has 3 heteroatoms. The van der Waals surface area contributed by atoms with E-state index in [0.717, 1.165) is 25.7 Å². The Morgan fingerprint density at radius 2 is 2.00 bits per heavy atom. The topological polar surface area (TPSA) is 69.1 Å². The molecule has 64 valence electrons. The van der Waals surface area contributed by atoms with E-state index in [-0.39, 0.29) is 0 Å². The van der Waals surface area contributed by atoms with Gasteiger partial charge in [-0.3, -0.25) is 4.79 Å². The maximum absolute atomic E-state index is 10.3. The van der Waals surface area contributed by atoms with E-state index in [4.69, 9.17) is 11.5 Å². The van der Waals surface area contributed by atoms with Crippen LogP contribution in [0.4, 0.5) is 0 Å². The third-order valence-electron chi connectivity index (χ3n) is 1.40. The van der Waals surface area contributed by atoms with Gasteiger partial charge in [-0.1, -0.05) is 19.8 Å². The van der Waals surface area contributed by atoms with Gasteiger partial charge in [0, 0.05) is 11.8 Å². The van der Waals surface area contributed by atoms with Gasteiger partial charge in [0.2, 0.25) is 5.91 Å². The maximum Gasteiger partial charge on any atom is 0.243 e. The number of hydrogen-bond acceptors (Lipinski definition) is 2. The number of hydrogen-bond donors (Lipinski definition) is 2. The van der Waals surface area contributed by atoms with Gasteiger partial charge in [0.1, 0.15) is 0 Å². The molecule has 0 fully saturated rings. The van der Waals surface area contributed by atoms with Gasteiger partial charge < -0.3 is 11.5 Å². The zero-order valence-electron chi connectivity index (χ0n) is 6.97. The van der Waals surface area contributed by atoms with Crippen molar-refractivity contribution in [2.24, 2.45) is 11.5 Å². The largest absolute Gasteiger partial charge is 0.402 e. The molecule has 0 atom stereocenters. The van der Waals surface area contributed by atoms with Crippen LogP contribution in [0.25, 0.3) is 0 Å². The summed E-state index contributed by atoms with van der Waals surface area (Å²) in [5.41, 5.74) is 11.0. The molecule has 0 aromatic carbocycles. The van der Waals surface area contributed by atoms with Crippen LogP contribution >= 0.6 is 0 Å². The molecule has 4 N–H and O–H groups in total. The number of allylic oxidation sites excluding steroid dienone is 1. The van der Waals surface area contributed by atoms with Gasteiger partial charge >= 0.3 is 0 Å². The maximum atomic E-state index is 10.3. The Bertz CT molecular complexity index is 152. The molecule has 0 saturated carbocycles. The van der Waals surface area contributed by atoms with E-state index in [0.29, 0.717) is 5.70 Å². The molecule has 3 nitrogen and oxygen atoms in total. The molecular formula is C8H16N2O. The second-order valence-corrected chi connectivity index (χ2v) is 2.58. The summed E-state index contributed by atoms with van der Waals surface area (Å²) in [7, 11) is 0. The van der Waals surface area contributed by atoms with Crippen LogP contribution in [0.3, 0.4) is 0 Å². The van der Waals surface area contributed by atoms with Gasteiger partial charge in [0.05, 0.1) is 0 Å². The van der Waals surface area contributed by atoms with E-state index in [1.807, 2.05) is 0 Å². The minimum Gasteiger partial charge on any atom is -0.402 e. The number of carbonyl (C=O) groups excluding carboxylic acids is 1. The molecule has 0 aromatic rings. The standard InChI is InChI=1S/C8H16N2O/c1-2-3-4-5-7(9)6-8(10)11/h6H,2-5,9H2,1H3,(H2,10,11). The second-order valence-electron chi connectivity index (χ2n) is 2.58. The first-order chi connectivity index (χ1) is 5.16. The van der Waals surface area contributed by atoms with Crippen LogP contribution in [0, 0.1) is 0 Å².